The van der Waals surface area contributed by atoms with Gasteiger partial charge in [0.1, 0.15) is 0 Å². The summed E-state index contributed by atoms with van der Waals surface area (Å²) in [5.41, 5.74) is 1.58. The molecular weight excluding hydrogens is 172 g/mol. The van der Waals surface area contributed by atoms with Crippen LogP contribution in [-0.2, 0) is 0 Å². The third-order valence-corrected chi connectivity index (χ3v) is 2.55. The van der Waals surface area contributed by atoms with Crippen molar-refractivity contribution in [2.24, 2.45) is 5.41 Å². The molecule has 0 radical (unpaired) electrons. The van der Waals surface area contributed by atoms with Gasteiger partial charge in [-0.15, -0.1) is 0 Å². The van der Waals surface area contributed by atoms with Crippen LogP contribution in [0.5, 0.6) is 0 Å². The molecular formula is C12H17N2+. The summed E-state index contributed by atoms with van der Waals surface area (Å²) in [4.78, 5) is 3.43. The van der Waals surface area contributed by atoms with Crippen LogP contribution in [0.15, 0.2) is 30.3 Å². The van der Waals surface area contributed by atoms with E-state index in [1.54, 1.807) is 0 Å². The number of amidine groups is 1. The second kappa shape index (κ2) is 3.45. The molecule has 14 heavy (non-hydrogen) atoms. The van der Waals surface area contributed by atoms with E-state index in [0.717, 1.165) is 18.9 Å². The Labute approximate surface area is 85.1 Å². The van der Waals surface area contributed by atoms with Crippen molar-refractivity contribution in [3.63, 3.8) is 0 Å². The van der Waals surface area contributed by atoms with Gasteiger partial charge in [0.2, 0.25) is 0 Å². The largest absolute Gasteiger partial charge is 0.274 e. The Morgan fingerprint density at radius 1 is 1.21 bits per heavy atom. The maximum atomic E-state index is 3.43. The van der Waals surface area contributed by atoms with Gasteiger partial charge in [0.25, 0.3) is 5.84 Å². The first-order chi connectivity index (χ1) is 6.67. The van der Waals surface area contributed by atoms with Crippen molar-refractivity contribution in [3.8, 4) is 0 Å². The Balaban J connectivity index is 2.19. The van der Waals surface area contributed by atoms with E-state index >= 15 is 0 Å². The molecule has 0 aromatic heterocycles. The van der Waals surface area contributed by atoms with Crippen molar-refractivity contribution in [2.45, 2.75) is 13.8 Å². The van der Waals surface area contributed by atoms with Gasteiger partial charge < -0.3 is 0 Å². The molecule has 0 saturated heterocycles. The van der Waals surface area contributed by atoms with E-state index < -0.39 is 0 Å². The van der Waals surface area contributed by atoms with Crippen molar-refractivity contribution in [2.75, 3.05) is 13.1 Å². The van der Waals surface area contributed by atoms with Crippen LogP contribution < -0.4 is 10.3 Å². The molecule has 1 aromatic rings. The van der Waals surface area contributed by atoms with Crippen molar-refractivity contribution < 1.29 is 4.99 Å². The van der Waals surface area contributed by atoms with Gasteiger partial charge >= 0.3 is 0 Å². The smallest absolute Gasteiger partial charge is 0.274 e. The standard InChI is InChI=1S/C12H16N2/c1-12(2)8-13-11(14-9-12)10-6-4-3-5-7-10/h3-7H,8-9H2,1-2H3,(H,13,14)/p+1. The molecule has 0 bridgehead atoms. The summed E-state index contributed by atoms with van der Waals surface area (Å²) in [6, 6.07) is 10.4. The van der Waals surface area contributed by atoms with Gasteiger partial charge in [-0.2, -0.15) is 0 Å². The summed E-state index contributed by atoms with van der Waals surface area (Å²) in [7, 11) is 0. The third kappa shape index (κ3) is 1.95. The zero-order valence-electron chi connectivity index (χ0n) is 8.80. The Kier molecular flexibility index (Phi) is 2.28. The van der Waals surface area contributed by atoms with Gasteiger partial charge in [0, 0.05) is 5.41 Å². The zero-order chi connectivity index (χ0) is 10.0. The molecule has 74 valence electrons. The molecule has 0 amide bonds. The molecule has 1 aliphatic heterocycles. The van der Waals surface area contributed by atoms with Crippen molar-refractivity contribution in [1.29, 1.82) is 0 Å². The van der Waals surface area contributed by atoms with E-state index in [4.69, 9.17) is 0 Å². The second-order valence-corrected chi connectivity index (χ2v) is 4.61. The molecule has 0 saturated carbocycles. The van der Waals surface area contributed by atoms with Gasteiger partial charge in [-0.1, -0.05) is 32.0 Å². The Bertz CT molecular complexity index is 339. The maximum Gasteiger partial charge on any atom is 0.274 e. The SMILES string of the molecule is CC1(C)CNC(c2ccccc2)=[NH+]C1. The number of nitrogens with one attached hydrogen (secondary N) is 2. The average Bonchev–Trinajstić information content (AvgIpc) is 2.19. The molecule has 1 heterocycles. The highest BCUT2D eigenvalue weighted by Crippen LogP contribution is 2.11. The van der Waals surface area contributed by atoms with Gasteiger partial charge in [-0.3, -0.25) is 10.3 Å². The lowest BCUT2D eigenvalue weighted by molar-refractivity contribution is -0.481. The van der Waals surface area contributed by atoms with E-state index in [1.165, 1.54) is 5.56 Å². The minimum absolute atomic E-state index is 0.346. The van der Waals surface area contributed by atoms with Crippen LogP contribution in [0.4, 0.5) is 0 Å². The lowest BCUT2D eigenvalue weighted by Gasteiger charge is -2.23. The number of benzene rings is 1. The first-order valence-electron chi connectivity index (χ1n) is 5.07. The number of rotatable bonds is 1. The van der Waals surface area contributed by atoms with Crippen LogP contribution in [0.2, 0.25) is 0 Å². The van der Waals surface area contributed by atoms with Gasteiger partial charge in [-0.05, 0) is 12.1 Å². The normalized spacial score (nSPS) is 19.7. The van der Waals surface area contributed by atoms with Crippen LogP contribution in [0.1, 0.15) is 19.4 Å². The van der Waals surface area contributed by atoms with Crippen LogP contribution in [0.3, 0.4) is 0 Å². The summed E-state index contributed by atoms with van der Waals surface area (Å²) >= 11 is 0. The molecule has 1 aromatic carbocycles. The zero-order valence-corrected chi connectivity index (χ0v) is 8.80. The predicted molar refractivity (Wildman–Crippen MR) is 58.2 cm³/mol. The molecule has 2 nitrogen and oxygen atoms in total. The summed E-state index contributed by atoms with van der Waals surface area (Å²) < 4.78 is 0. The van der Waals surface area contributed by atoms with E-state index in [-0.39, 0.29) is 0 Å². The van der Waals surface area contributed by atoms with Gasteiger partial charge in [0.15, 0.2) is 0 Å². The first-order valence-corrected chi connectivity index (χ1v) is 5.07. The molecule has 0 spiro atoms. The molecule has 1 aliphatic rings. The van der Waals surface area contributed by atoms with Crippen LogP contribution >= 0.6 is 0 Å². The van der Waals surface area contributed by atoms with E-state index in [0.29, 0.717) is 5.41 Å². The molecule has 0 atom stereocenters. The Hall–Kier alpha value is -1.31. The van der Waals surface area contributed by atoms with Crippen molar-refractivity contribution >= 4 is 5.84 Å². The Morgan fingerprint density at radius 2 is 1.93 bits per heavy atom. The van der Waals surface area contributed by atoms with Crippen molar-refractivity contribution in [1.82, 2.24) is 5.32 Å². The van der Waals surface area contributed by atoms with E-state index in [1.807, 2.05) is 6.07 Å². The van der Waals surface area contributed by atoms with Gasteiger partial charge in [0.05, 0.1) is 18.7 Å². The highest BCUT2D eigenvalue weighted by molar-refractivity contribution is 5.94. The van der Waals surface area contributed by atoms with Gasteiger partial charge in [-0.25, -0.2) is 0 Å². The quantitative estimate of drug-likeness (QED) is 0.646. The van der Waals surface area contributed by atoms with E-state index in [9.17, 15) is 0 Å². The maximum absolute atomic E-state index is 3.43. The molecule has 2 heteroatoms. The summed E-state index contributed by atoms with van der Waals surface area (Å²) in [6.45, 7) is 6.58. The predicted octanol–water partition coefficient (Wildman–Crippen LogP) is 0.143. The summed E-state index contributed by atoms with van der Waals surface area (Å²) in [5, 5.41) is 3.43. The topological polar surface area (TPSA) is 26.0 Å². The fraction of sp³-hybridized carbons (Fsp3) is 0.417. The molecule has 0 fully saturated rings. The number of hydrogen-bond donors (Lipinski definition) is 2. The lowest BCUT2D eigenvalue weighted by Crippen LogP contribution is -2.83. The first kappa shape index (κ1) is 9.25. The highest BCUT2D eigenvalue weighted by atomic mass is 15.0. The fourth-order valence-electron chi connectivity index (χ4n) is 1.59. The monoisotopic (exact) mass is 189 g/mol. The molecule has 2 N–H and O–H groups in total. The molecule has 0 aliphatic carbocycles. The van der Waals surface area contributed by atoms with Crippen LogP contribution in [-0.4, -0.2) is 18.9 Å². The Morgan fingerprint density at radius 3 is 2.50 bits per heavy atom. The lowest BCUT2D eigenvalue weighted by atomic mass is 9.92. The molecule has 2 rings (SSSR count). The molecule has 0 unspecified atom stereocenters. The minimum atomic E-state index is 0.346. The third-order valence-electron chi connectivity index (χ3n) is 2.55. The summed E-state index contributed by atoms with van der Waals surface area (Å²) in [6.07, 6.45) is 0. The average molecular weight is 189 g/mol. The highest BCUT2D eigenvalue weighted by Gasteiger charge is 2.27. The number of hydrogen-bond acceptors (Lipinski definition) is 1. The second-order valence-electron chi connectivity index (χ2n) is 4.61. The van der Waals surface area contributed by atoms with Crippen molar-refractivity contribution in [3.05, 3.63) is 35.9 Å². The van der Waals surface area contributed by atoms with E-state index in [2.05, 4.69) is 48.4 Å². The van der Waals surface area contributed by atoms with Crippen LogP contribution in [0.25, 0.3) is 0 Å². The minimum Gasteiger partial charge on any atom is -0.274 e. The van der Waals surface area contributed by atoms with Crippen LogP contribution in [0, 0.1) is 5.41 Å². The fourth-order valence-corrected chi connectivity index (χ4v) is 1.59. The summed E-state index contributed by atoms with van der Waals surface area (Å²) in [5.74, 6) is 1.16.